The number of benzene rings is 2. The Bertz CT molecular complexity index is 844. The molecule has 2 aromatic carbocycles. The third-order valence-electron chi connectivity index (χ3n) is 5.93. The van der Waals surface area contributed by atoms with Gasteiger partial charge in [0.05, 0.1) is 0 Å². The Kier molecular flexibility index (Phi) is 5.05. The van der Waals surface area contributed by atoms with E-state index in [0.29, 0.717) is 32.5 Å². The van der Waals surface area contributed by atoms with Gasteiger partial charge in [-0.3, -0.25) is 4.79 Å². The minimum absolute atomic E-state index is 0.0364. The molecule has 146 valence electrons. The van der Waals surface area contributed by atoms with Crippen molar-refractivity contribution >= 4 is 12.1 Å². The molecule has 1 saturated heterocycles. The fraction of sp³-hybridized carbons (Fsp3) is 0.364. The molecule has 28 heavy (non-hydrogen) atoms. The molecule has 1 fully saturated rings. The number of nitrogens with two attached hydrogens (primary N) is 1. The largest absolute Gasteiger partial charge is 0.480 e. The van der Waals surface area contributed by atoms with Crippen LogP contribution in [0, 0.1) is 5.92 Å². The lowest BCUT2D eigenvalue weighted by molar-refractivity contribution is -0.140. The van der Waals surface area contributed by atoms with E-state index in [-0.39, 0.29) is 17.9 Å². The van der Waals surface area contributed by atoms with E-state index in [9.17, 15) is 9.59 Å². The zero-order valence-electron chi connectivity index (χ0n) is 15.6. The Hall–Kier alpha value is -2.86. The summed E-state index contributed by atoms with van der Waals surface area (Å²) in [4.78, 5) is 25.2. The summed E-state index contributed by atoms with van der Waals surface area (Å²) in [6, 6.07) is 15.6. The van der Waals surface area contributed by atoms with Crippen LogP contribution in [0.2, 0.25) is 0 Å². The molecule has 4 rings (SSSR count). The van der Waals surface area contributed by atoms with Crippen molar-refractivity contribution in [3.05, 3.63) is 59.7 Å². The maximum absolute atomic E-state index is 12.5. The van der Waals surface area contributed by atoms with Crippen molar-refractivity contribution in [3.8, 4) is 11.1 Å². The quantitative estimate of drug-likeness (QED) is 0.850. The molecule has 1 heterocycles. The van der Waals surface area contributed by atoms with Crippen LogP contribution >= 0.6 is 0 Å². The van der Waals surface area contributed by atoms with Crippen LogP contribution in [-0.4, -0.2) is 47.8 Å². The number of amides is 1. The van der Waals surface area contributed by atoms with E-state index in [1.165, 1.54) is 22.3 Å². The van der Waals surface area contributed by atoms with Crippen LogP contribution in [0.4, 0.5) is 4.79 Å². The second kappa shape index (κ2) is 7.64. The molecule has 1 amide bonds. The van der Waals surface area contributed by atoms with Gasteiger partial charge in [-0.05, 0) is 41.0 Å². The Morgan fingerprint density at radius 3 is 2.11 bits per heavy atom. The fourth-order valence-corrected chi connectivity index (χ4v) is 4.33. The van der Waals surface area contributed by atoms with Crippen molar-refractivity contribution in [1.29, 1.82) is 0 Å². The summed E-state index contributed by atoms with van der Waals surface area (Å²) < 4.78 is 5.66. The molecule has 0 bridgehead atoms. The van der Waals surface area contributed by atoms with Crippen molar-refractivity contribution in [1.82, 2.24) is 4.90 Å². The van der Waals surface area contributed by atoms with E-state index in [1.807, 2.05) is 24.3 Å². The van der Waals surface area contributed by atoms with Gasteiger partial charge in [-0.25, -0.2) is 4.79 Å². The van der Waals surface area contributed by atoms with E-state index in [2.05, 4.69) is 24.3 Å². The molecule has 6 heteroatoms. The van der Waals surface area contributed by atoms with Crippen LogP contribution in [0.5, 0.6) is 0 Å². The van der Waals surface area contributed by atoms with Gasteiger partial charge in [-0.15, -0.1) is 0 Å². The highest BCUT2D eigenvalue weighted by Crippen LogP contribution is 2.44. The summed E-state index contributed by atoms with van der Waals surface area (Å²) in [6.45, 7) is 1.24. The Labute approximate surface area is 163 Å². The van der Waals surface area contributed by atoms with E-state index < -0.39 is 12.0 Å². The first-order valence-corrected chi connectivity index (χ1v) is 9.64. The lowest BCUT2D eigenvalue weighted by Crippen LogP contribution is -2.46. The molecule has 0 aromatic heterocycles. The maximum Gasteiger partial charge on any atom is 0.409 e. The zero-order valence-corrected chi connectivity index (χ0v) is 15.6. The molecule has 6 nitrogen and oxygen atoms in total. The van der Waals surface area contributed by atoms with Gasteiger partial charge in [0.15, 0.2) is 0 Å². The molecule has 1 unspecified atom stereocenters. The predicted molar refractivity (Wildman–Crippen MR) is 105 cm³/mol. The van der Waals surface area contributed by atoms with Crippen molar-refractivity contribution in [2.45, 2.75) is 24.8 Å². The molecule has 1 atom stereocenters. The molecular formula is C22H24N2O4. The summed E-state index contributed by atoms with van der Waals surface area (Å²) >= 11 is 0. The van der Waals surface area contributed by atoms with E-state index in [1.54, 1.807) is 4.90 Å². The molecular weight excluding hydrogens is 356 g/mol. The zero-order chi connectivity index (χ0) is 19.7. The lowest BCUT2D eigenvalue weighted by atomic mass is 9.90. The number of nitrogens with zero attached hydrogens (tertiary/aromatic N) is 1. The highest BCUT2D eigenvalue weighted by atomic mass is 16.6. The summed E-state index contributed by atoms with van der Waals surface area (Å²) in [5.41, 5.74) is 10.5. The number of piperidine rings is 1. The van der Waals surface area contributed by atoms with Crippen LogP contribution in [0.3, 0.4) is 0 Å². The van der Waals surface area contributed by atoms with Crippen molar-refractivity contribution in [2.24, 2.45) is 11.7 Å². The van der Waals surface area contributed by atoms with E-state index in [0.717, 1.165) is 0 Å². The number of hydrogen-bond donors (Lipinski definition) is 2. The van der Waals surface area contributed by atoms with Crippen molar-refractivity contribution in [2.75, 3.05) is 19.7 Å². The summed E-state index contributed by atoms with van der Waals surface area (Å²) in [7, 11) is 0. The first-order chi connectivity index (χ1) is 13.6. The number of likely N-dealkylation sites (tertiary alicyclic amines) is 1. The number of rotatable bonds is 4. The summed E-state index contributed by atoms with van der Waals surface area (Å²) in [6.07, 6.45) is 0.819. The number of carboxylic acids is 1. The maximum atomic E-state index is 12.5. The van der Waals surface area contributed by atoms with Gasteiger partial charge in [0.2, 0.25) is 0 Å². The first-order valence-electron chi connectivity index (χ1n) is 9.64. The van der Waals surface area contributed by atoms with Crippen molar-refractivity contribution in [3.63, 3.8) is 0 Å². The van der Waals surface area contributed by atoms with Gasteiger partial charge in [-0.2, -0.15) is 0 Å². The van der Waals surface area contributed by atoms with Gasteiger partial charge < -0.3 is 20.5 Å². The number of aliphatic carboxylic acids is 1. The standard InChI is InChI=1S/C22H24N2O4/c23-20(21(25)26)14-9-11-24(12-10-14)22(27)28-13-19-17-7-3-1-5-15(17)16-6-2-4-8-18(16)19/h1-8,14,19-20H,9-13,23H2,(H,25,26). The second-order valence-corrected chi connectivity index (χ2v) is 7.49. The molecule has 2 aromatic rings. The Morgan fingerprint density at radius 2 is 1.57 bits per heavy atom. The second-order valence-electron chi connectivity index (χ2n) is 7.49. The number of fused-ring (bicyclic) bond motifs is 3. The lowest BCUT2D eigenvalue weighted by Gasteiger charge is -2.33. The fourth-order valence-electron chi connectivity index (χ4n) is 4.33. The van der Waals surface area contributed by atoms with E-state index in [4.69, 9.17) is 15.6 Å². The van der Waals surface area contributed by atoms with Gasteiger partial charge in [0.1, 0.15) is 12.6 Å². The minimum Gasteiger partial charge on any atom is -0.480 e. The van der Waals surface area contributed by atoms with E-state index >= 15 is 0 Å². The smallest absolute Gasteiger partial charge is 0.409 e. The normalized spacial score (nSPS) is 17.7. The van der Waals surface area contributed by atoms with Gasteiger partial charge in [-0.1, -0.05) is 48.5 Å². The Balaban J connectivity index is 1.39. The first kappa shape index (κ1) is 18.5. The van der Waals surface area contributed by atoms with Crippen molar-refractivity contribution < 1.29 is 19.4 Å². The molecule has 0 radical (unpaired) electrons. The molecule has 3 N–H and O–H groups in total. The van der Waals surface area contributed by atoms with Crippen LogP contribution in [0.1, 0.15) is 29.9 Å². The average Bonchev–Trinajstić information content (AvgIpc) is 3.05. The van der Waals surface area contributed by atoms with Crippen LogP contribution in [-0.2, 0) is 9.53 Å². The average molecular weight is 380 g/mol. The summed E-state index contributed by atoms with van der Waals surface area (Å²) in [5, 5.41) is 9.04. The number of carbonyl (C=O) groups is 2. The molecule has 1 aliphatic carbocycles. The number of carboxylic acid groups (broad SMARTS) is 1. The van der Waals surface area contributed by atoms with Gasteiger partial charge >= 0.3 is 12.1 Å². The number of carbonyl (C=O) groups excluding carboxylic acids is 1. The summed E-state index contributed by atoms with van der Waals surface area (Å²) in [5.74, 6) is -1.05. The molecule has 2 aliphatic rings. The minimum atomic E-state index is -0.986. The topological polar surface area (TPSA) is 92.9 Å². The van der Waals surface area contributed by atoms with Crippen LogP contribution in [0.25, 0.3) is 11.1 Å². The third-order valence-corrected chi connectivity index (χ3v) is 5.93. The molecule has 0 spiro atoms. The highest BCUT2D eigenvalue weighted by Gasteiger charge is 2.32. The van der Waals surface area contributed by atoms with Gasteiger partial charge in [0.25, 0.3) is 0 Å². The monoisotopic (exact) mass is 380 g/mol. The molecule has 0 saturated carbocycles. The predicted octanol–water partition coefficient (Wildman–Crippen LogP) is 3.06. The number of hydrogen-bond acceptors (Lipinski definition) is 4. The number of ether oxygens (including phenoxy) is 1. The van der Waals surface area contributed by atoms with Gasteiger partial charge in [0, 0.05) is 19.0 Å². The highest BCUT2D eigenvalue weighted by molar-refractivity contribution is 5.79. The Morgan fingerprint density at radius 1 is 1.04 bits per heavy atom. The van der Waals surface area contributed by atoms with Crippen LogP contribution in [0.15, 0.2) is 48.5 Å². The third kappa shape index (κ3) is 3.36. The SMILES string of the molecule is NC(C(=O)O)C1CCN(C(=O)OCC2c3ccccc3-c3ccccc32)CC1. The van der Waals surface area contributed by atoms with Crippen LogP contribution < -0.4 is 5.73 Å². The molecule has 1 aliphatic heterocycles.